The van der Waals surface area contributed by atoms with Crippen molar-refractivity contribution in [2.24, 2.45) is 5.92 Å². The Kier molecular flexibility index (Phi) is 5.06. The van der Waals surface area contributed by atoms with E-state index in [0.29, 0.717) is 15.4 Å². The Morgan fingerprint density at radius 2 is 1.88 bits per heavy atom. The first-order chi connectivity index (χ1) is 11.9. The minimum atomic E-state index is -0.574. The van der Waals surface area contributed by atoms with Gasteiger partial charge in [-0.25, -0.2) is 4.79 Å². The summed E-state index contributed by atoms with van der Waals surface area (Å²) in [6.07, 6.45) is 1.79. The summed E-state index contributed by atoms with van der Waals surface area (Å²) in [6, 6.07) is 3.59. The van der Waals surface area contributed by atoms with E-state index in [1.165, 1.54) is 22.7 Å². The Labute approximate surface area is 154 Å². The fourth-order valence-corrected chi connectivity index (χ4v) is 4.22. The molecule has 2 aromatic heterocycles. The van der Waals surface area contributed by atoms with Crippen molar-refractivity contribution in [2.75, 3.05) is 11.9 Å². The lowest BCUT2D eigenvalue weighted by Crippen LogP contribution is -2.18. The molecule has 0 atom stereocenters. The predicted octanol–water partition coefficient (Wildman–Crippen LogP) is 4.12. The molecule has 0 aliphatic heterocycles. The number of ketones is 1. The molecule has 5 nitrogen and oxygen atoms in total. The van der Waals surface area contributed by atoms with Crippen LogP contribution in [-0.2, 0) is 9.53 Å². The number of ether oxygens (including phenoxy) is 1. The van der Waals surface area contributed by atoms with E-state index in [0.717, 1.165) is 28.2 Å². The number of Topliss-reactive ketones (excluding diaryl/α,β-unsaturated/α-hetero) is 1. The van der Waals surface area contributed by atoms with Crippen molar-refractivity contribution < 1.29 is 19.1 Å². The van der Waals surface area contributed by atoms with Crippen LogP contribution in [0.5, 0.6) is 0 Å². The number of thiophene rings is 2. The van der Waals surface area contributed by atoms with Crippen LogP contribution in [0.15, 0.2) is 12.1 Å². The van der Waals surface area contributed by atoms with Gasteiger partial charge in [-0.2, -0.15) is 0 Å². The van der Waals surface area contributed by atoms with Crippen LogP contribution in [0.3, 0.4) is 0 Å². The molecule has 0 spiro atoms. The van der Waals surface area contributed by atoms with Gasteiger partial charge in [-0.3, -0.25) is 9.59 Å². The van der Waals surface area contributed by atoms with E-state index in [1.807, 2.05) is 26.8 Å². The minimum absolute atomic E-state index is 0.0511. The highest BCUT2D eigenvalue weighted by molar-refractivity contribution is 7.16. The molecule has 0 unspecified atom stereocenters. The topological polar surface area (TPSA) is 72.5 Å². The Morgan fingerprint density at radius 3 is 2.48 bits per heavy atom. The standard InChI is InChI=1S/C18H19NO4S2/c1-9-4-7-14(24-9)13(20)8-23-18(22)15-10(2)11(3)25-17(15)19-16(21)12-5-6-12/h4,7,12H,5-6,8H2,1-3H3,(H,19,21). The van der Waals surface area contributed by atoms with Crippen LogP contribution in [0.25, 0.3) is 0 Å². The van der Waals surface area contributed by atoms with Gasteiger partial charge >= 0.3 is 5.97 Å². The van der Waals surface area contributed by atoms with Crippen molar-refractivity contribution in [3.8, 4) is 0 Å². The minimum Gasteiger partial charge on any atom is -0.454 e. The molecule has 1 fully saturated rings. The first-order valence-corrected chi connectivity index (χ1v) is 9.67. The quantitative estimate of drug-likeness (QED) is 0.607. The van der Waals surface area contributed by atoms with Gasteiger partial charge < -0.3 is 10.1 Å². The SMILES string of the molecule is Cc1ccc(C(=O)COC(=O)c2c(NC(=O)C3CC3)sc(C)c2C)s1. The number of carbonyl (C=O) groups is 3. The molecule has 0 bridgehead atoms. The molecule has 0 saturated heterocycles. The summed E-state index contributed by atoms with van der Waals surface area (Å²) in [7, 11) is 0. The zero-order chi connectivity index (χ0) is 18.1. The van der Waals surface area contributed by atoms with Gasteiger partial charge in [0, 0.05) is 15.7 Å². The second kappa shape index (κ2) is 7.09. The van der Waals surface area contributed by atoms with E-state index in [-0.39, 0.29) is 24.2 Å². The molecule has 0 aromatic carbocycles. The van der Waals surface area contributed by atoms with Crippen molar-refractivity contribution in [3.63, 3.8) is 0 Å². The summed E-state index contributed by atoms with van der Waals surface area (Å²) in [4.78, 5) is 39.2. The Morgan fingerprint density at radius 1 is 1.16 bits per heavy atom. The van der Waals surface area contributed by atoms with E-state index in [4.69, 9.17) is 4.74 Å². The monoisotopic (exact) mass is 377 g/mol. The molecule has 0 radical (unpaired) electrons. The molecular formula is C18H19NO4S2. The molecule has 1 saturated carbocycles. The van der Waals surface area contributed by atoms with E-state index >= 15 is 0 Å². The fourth-order valence-electron chi connectivity index (χ4n) is 2.38. The lowest BCUT2D eigenvalue weighted by Gasteiger charge is -2.07. The molecule has 3 rings (SSSR count). The molecule has 1 aliphatic rings. The number of esters is 1. The molecule has 1 N–H and O–H groups in total. The normalized spacial score (nSPS) is 13.6. The van der Waals surface area contributed by atoms with Crippen LogP contribution in [0.4, 0.5) is 5.00 Å². The van der Waals surface area contributed by atoms with Crippen LogP contribution >= 0.6 is 22.7 Å². The second-order valence-electron chi connectivity index (χ2n) is 6.16. The van der Waals surface area contributed by atoms with E-state index in [2.05, 4.69) is 5.32 Å². The summed E-state index contributed by atoms with van der Waals surface area (Å²) in [6.45, 7) is 5.33. The molecule has 2 heterocycles. The highest BCUT2D eigenvalue weighted by atomic mass is 32.1. The highest BCUT2D eigenvalue weighted by Crippen LogP contribution is 2.36. The molecule has 7 heteroatoms. The second-order valence-corrected chi connectivity index (χ2v) is 8.67. The van der Waals surface area contributed by atoms with Crippen LogP contribution < -0.4 is 5.32 Å². The van der Waals surface area contributed by atoms with Crippen molar-refractivity contribution in [1.82, 2.24) is 0 Å². The first-order valence-electron chi connectivity index (χ1n) is 8.04. The van der Waals surface area contributed by atoms with Gasteiger partial charge in [0.05, 0.1) is 10.4 Å². The van der Waals surface area contributed by atoms with Crippen molar-refractivity contribution in [3.05, 3.63) is 37.9 Å². The smallest absolute Gasteiger partial charge is 0.341 e. The Hall–Kier alpha value is -1.99. The average molecular weight is 377 g/mol. The summed E-state index contributed by atoms with van der Waals surface area (Å²) in [5.41, 5.74) is 1.13. The maximum atomic E-state index is 12.5. The summed E-state index contributed by atoms with van der Waals surface area (Å²) >= 11 is 2.74. The zero-order valence-electron chi connectivity index (χ0n) is 14.3. The number of hydrogen-bond acceptors (Lipinski definition) is 6. The van der Waals surface area contributed by atoms with Crippen LogP contribution in [0.1, 0.15) is 48.2 Å². The average Bonchev–Trinajstić information content (AvgIpc) is 3.27. The van der Waals surface area contributed by atoms with Gasteiger partial charge in [-0.15, -0.1) is 22.7 Å². The third-order valence-corrected chi connectivity index (χ3v) is 6.29. The number of nitrogens with one attached hydrogen (secondary N) is 1. The Balaban J connectivity index is 1.70. The van der Waals surface area contributed by atoms with E-state index < -0.39 is 5.97 Å². The molecule has 132 valence electrons. The van der Waals surface area contributed by atoms with Crippen molar-refractivity contribution in [1.29, 1.82) is 0 Å². The maximum Gasteiger partial charge on any atom is 0.341 e. The van der Waals surface area contributed by atoms with Crippen molar-refractivity contribution in [2.45, 2.75) is 33.6 Å². The number of amides is 1. The highest BCUT2D eigenvalue weighted by Gasteiger charge is 2.31. The number of anilines is 1. The van der Waals surface area contributed by atoms with Crippen LogP contribution in [0, 0.1) is 26.7 Å². The van der Waals surface area contributed by atoms with E-state index in [1.54, 1.807) is 6.07 Å². The summed E-state index contributed by atoms with van der Waals surface area (Å²) in [5.74, 6) is -0.801. The third-order valence-electron chi connectivity index (χ3n) is 4.12. The lowest BCUT2D eigenvalue weighted by molar-refractivity contribution is -0.117. The zero-order valence-corrected chi connectivity index (χ0v) is 15.9. The fraction of sp³-hybridized carbons (Fsp3) is 0.389. The number of hydrogen-bond donors (Lipinski definition) is 1. The molecule has 25 heavy (non-hydrogen) atoms. The maximum absolute atomic E-state index is 12.5. The molecule has 1 amide bonds. The van der Waals surface area contributed by atoms with Gasteiger partial charge in [-0.05, 0) is 51.3 Å². The molecular weight excluding hydrogens is 358 g/mol. The van der Waals surface area contributed by atoms with Gasteiger partial charge in [0.1, 0.15) is 5.00 Å². The molecule has 2 aromatic rings. The van der Waals surface area contributed by atoms with Gasteiger partial charge in [0.25, 0.3) is 0 Å². The summed E-state index contributed by atoms with van der Waals surface area (Å²) in [5, 5.41) is 3.34. The van der Waals surface area contributed by atoms with E-state index in [9.17, 15) is 14.4 Å². The third kappa shape index (κ3) is 3.99. The number of rotatable bonds is 6. The first kappa shape index (κ1) is 17.8. The van der Waals surface area contributed by atoms with Gasteiger partial charge in [0.2, 0.25) is 11.7 Å². The van der Waals surface area contributed by atoms with Gasteiger partial charge in [-0.1, -0.05) is 0 Å². The predicted molar refractivity (Wildman–Crippen MR) is 98.8 cm³/mol. The van der Waals surface area contributed by atoms with Gasteiger partial charge in [0.15, 0.2) is 6.61 Å². The van der Waals surface area contributed by atoms with Crippen LogP contribution in [0.2, 0.25) is 0 Å². The largest absolute Gasteiger partial charge is 0.454 e. The Bertz CT molecular complexity index is 845. The molecule has 1 aliphatic carbocycles. The summed E-state index contributed by atoms with van der Waals surface area (Å²) < 4.78 is 5.22. The van der Waals surface area contributed by atoms with Crippen molar-refractivity contribution >= 4 is 45.3 Å². The number of carbonyl (C=O) groups excluding carboxylic acids is 3. The lowest BCUT2D eigenvalue weighted by atomic mass is 10.1. The van der Waals surface area contributed by atoms with Crippen LogP contribution in [-0.4, -0.2) is 24.3 Å². The number of aryl methyl sites for hydroxylation is 2.